The molecule has 0 spiro atoms. The van der Waals surface area contributed by atoms with Crippen LogP contribution < -0.4 is 5.32 Å². The van der Waals surface area contributed by atoms with Gasteiger partial charge in [0.05, 0.1) is 0 Å². The Kier molecular flexibility index (Phi) is 7.81. The molecule has 1 aromatic carbocycles. The van der Waals surface area contributed by atoms with Crippen molar-refractivity contribution >= 4 is 23.5 Å². The molecule has 1 aromatic rings. The number of rotatable bonds is 8. The van der Waals surface area contributed by atoms with Gasteiger partial charge >= 0.3 is 0 Å². The first-order valence-electron chi connectivity index (χ1n) is 5.77. The lowest BCUT2D eigenvalue weighted by Crippen LogP contribution is -2.32. The smallest absolute Gasteiger partial charge is 0.0155 e. The minimum absolute atomic E-state index is 0.673. The number of benzene rings is 1. The Morgan fingerprint density at radius 3 is 2.62 bits per heavy atom. The Balaban J connectivity index is 2.11. The van der Waals surface area contributed by atoms with Crippen LogP contribution in [0.25, 0.3) is 0 Å². The van der Waals surface area contributed by atoms with Crippen LogP contribution in [-0.2, 0) is 0 Å². The summed E-state index contributed by atoms with van der Waals surface area (Å²) >= 11 is 3.84. The molecule has 0 aliphatic rings. The minimum atomic E-state index is 0.673. The summed E-state index contributed by atoms with van der Waals surface area (Å²) in [6.07, 6.45) is 3.39. The highest BCUT2D eigenvalue weighted by Gasteiger charge is 2.03. The van der Waals surface area contributed by atoms with Crippen LogP contribution in [0.2, 0.25) is 0 Å². The lowest BCUT2D eigenvalue weighted by atomic mass is 10.2. The second-order valence-electron chi connectivity index (χ2n) is 3.68. The summed E-state index contributed by atoms with van der Waals surface area (Å²) in [5.41, 5.74) is 0. The van der Waals surface area contributed by atoms with Crippen molar-refractivity contribution in [2.24, 2.45) is 0 Å². The number of nitrogens with one attached hydrogen (secondary N) is 1. The molecule has 1 nitrogen and oxygen atoms in total. The largest absolute Gasteiger partial charge is 0.312 e. The van der Waals surface area contributed by atoms with Gasteiger partial charge in [-0.25, -0.2) is 0 Å². The molecule has 0 aliphatic carbocycles. The Morgan fingerprint density at radius 1 is 1.25 bits per heavy atom. The third-order valence-electron chi connectivity index (χ3n) is 2.41. The van der Waals surface area contributed by atoms with E-state index in [0.29, 0.717) is 6.04 Å². The fourth-order valence-electron chi connectivity index (χ4n) is 1.47. The summed E-state index contributed by atoms with van der Waals surface area (Å²) < 4.78 is 0. The number of thioether (sulfide) groups is 2. The van der Waals surface area contributed by atoms with E-state index in [9.17, 15) is 0 Å². The van der Waals surface area contributed by atoms with Crippen molar-refractivity contribution in [1.82, 2.24) is 5.32 Å². The monoisotopic (exact) mass is 255 g/mol. The van der Waals surface area contributed by atoms with Crippen LogP contribution in [0.1, 0.15) is 13.3 Å². The summed E-state index contributed by atoms with van der Waals surface area (Å²) in [7, 11) is 0. The third kappa shape index (κ3) is 5.83. The van der Waals surface area contributed by atoms with Crippen molar-refractivity contribution in [2.75, 3.05) is 24.3 Å². The predicted octanol–water partition coefficient (Wildman–Crippen LogP) is 3.51. The first-order valence-corrected chi connectivity index (χ1v) is 8.15. The predicted molar refractivity (Wildman–Crippen MR) is 77.6 cm³/mol. The molecule has 1 atom stereocenters. The maximum atomic E-state index is 3.60. The van der Waals surface area contributed by atoms with Crippen LogP contribution in [0.3, 0.4) is 0 Å². The molecular weight excluding hydrogens is 234 g/mol. The van der Waals surface area contributed by atoms with Crippen molar-refractivity contribution in [3.8, 4) is 0 Å². The highest BCUT2D eigenvalue weighted by molar-refractivity contribution is 7.99. The zero-order chi connectivity index (χ0) is 11.6. The molecule has 1 rings (SSSR count). The number of hydrogen-bond donors (Lipinski definition) is 1. The van der Waals surface area contributed by atoms with Gasteiger partial charge in [-0.3, -0.25) is 0 Å². The van der Waals surface area contributed by atoms with Gasteiger partial charge < -0.3 is 5.32 Å². The maximum absolute atomic E-state index is 3.60. The van der Waals surface area contributed by atoms with E-state index in [-0.39, 0.29) is 0 Å². The van der Waals surface area contributed by atoms with Gasteiger partial charge in [0.25, 0.3) is 0 Å². The molecule has 0 aliphatic heterocycles. The van der Waals surface area contributed by atoms with Crippen LogP contribution in [0, 0.1) is 0 Å². The van der Waals surface area contributed by atoms with Crippen LogP contribution >= 0.6 is 23.5 Å². The van der Waals surface area contributed by atoms with Gasteiger partial charge in [-0.1, -0.05) is 25.1 Å². The van der Waals surface area contributed by atoms with E-state index in [1.165, 1.54) is 17.1 Å². The van der Waals surface area contributed by atoms with Crippen molar-refractivity contribution in [3.05, 3.63) is 30.3 Å². The van der Waals surface area contributed by atoms with Gasteiger partial charge in [0.1, 0.15) is 0 Å². The molecule has 0 radical (unpaired) electrons. The summed E-state index contributed by atoms with van der Waals surface area (Å²) in [4.78, 5) is 1.36. The van der Waals surface area contributed by atoms with Crippen LogP contribution in [0.15, 0.2) is 35.2 Å². The van der Waals surface area contributed by atoms with Crippen molar-refractivity contribution in [2.45, 2.75) is 24.3 Å². The van der Waals surface area contributed by atoms with Crippen molar-refractivity contribution < 1.29 is 0 Å². The van der Waals surface area contributed by atoms with E-state index in [1.807, 2.05) is 23.5 Å². The fourth-order valence-corrected chi connectivity index (χ4v) is 3.03. The standard InChI is InChI=1S/C13H21NS2/c1-3-12(11-15-2)14-9-10-16-13-7-5-4-6-8-13/h4-8,12,14H,3,9-11H2,1-2H3. The average molecular weight is 255 g/mol. The highest BCUT2D eigenvalue weighted by atomic mass is 32.2. The SMILES string of the molecule is CCC(CSC)NCCSc1ccccc1. The molecule has 90 valence electrons. The topological polar surface area (TPSA) is 12.0 Å². The molecule has 0 saturated heterocycles. The minimum Gasteiger partial charge on any atom is -0.312 e. The quantitative estimate of drug-likeness (QED) is 0.564. The normalized spacial score (nSPS) is 12.6. The van der Waals surface area contributed by atoms with Gasteiger partial charge in [-0.2, -0.15) is 11.8 Å². The Morgan fingerprint density at radius 2 is 2.00 bits per heavy atom. The molecule has 0 fully saturated rings. The van der Waals surface area contributed by atoms with E-state index < -0.39 is 0 Å². The van der Waals surface area contributed by atoms with Crippen LogP contribution in [0.4, 0.5) is 0 Å². The molecule has 0 heterocycles. The van der Waals surface area contributed by atoms with Gasteiger partial charge in [0.15, 0.2) is 0 Å². The van der Waals surface area contributed by atoms with Gasteiger partial charge in [0.2, 0.25) is 0 Å². The van der Waals surface area contributed by atoms with Gasteiger partial charge in [0, 0.05) is 29.0 Å². The molecule has 0 amide bonds. The van der Waals surface area contributed by atoms with Gasteiger partial charge in [-0.15, -0.1) is 11.8 Å². The van der Waals surface area contributed by atoms with Crippen molar-refractivity contribution in [1.29, 1.82) is 0 Å². The first kappa shape index (κ1) is 13.9. The Bertz CT molecular complexity index is 264. The van der Waals surface area contributed by atoms with E-state index in [4.69, 9.17) is 0 Å². The average Bonchev–Trinajstić information content (AvgIpc) is 2.34. The second kappa shape index (κ2) is 8.97. The van der Waals surface area contributed by atoms with E-state index in [2.05, 4.69) is 48.8 Å². The summed E-state index contributed by atoms with van der Waals surface area (Å²) in [6, 6.07) is 11.3. The summed E-state index contributed by atoms with van der Waals surface area (Å²) in [5.74, 6) is 2.36. The zero-order valence-corrected chi connectivity index (χ0v) is 11.7. The van der Waals surface area contributed by atoms with Crippen molar-refractivity contribution in [3.63, 3.8) is 0 Å². The Hall–Kier alpha value is -0.120. The van der Waals surface area contributed by atoms with E-state index in [0.717, 1.165) is 12.3 Å². The molecule has 1 unspecified atom stereocenters. The van der Waals surface area contributed by atoms with Crippen LogP contribution in [0.5, 0.6) is 0 Å². The summed E-state index contributed by atoms with van der Waals surface area (Å²) in [5, 5.41) is 3.60. The maximum Gasteiger partial charge on any atom is 0.0155 e. The zero-order valence-electron chi connectivity index (χ0n) is 10.1. The third-order valence-corrected chi connectivity index (χ3v) is 4.16. The second-order valence-corrected chi connectivity index (χ2v) is 5.76. The lowest BCUT2D eigenvalue weighted by molar-refractivity contribution is 0.563. The summed E-state index contributed by atoms with van der Waals surface area (Å²) in [6.45, 7) is 3.34. The van der Waals surface area contributed by atoms with E-state index >= 15 is 0 Å². The molecular formula is C13H21NS2. The van der Waals surface area contributed by atoms with E-state index in [1.54, 1.807) is 0 Å². The fraction of sp³-hybridized carbons (Fsp3) is 0.538. The highest BCUT2D eigenvalue weighted by Crippen LogP contribution is 2.15. The molecule has 0 saturated carbocycles. The molecule has 1 N–H and O–H groups in total. The van der Waals surface area contributed by atoms with Gasteiger partial charge in [-0.05, 0) is 24.8 Å². The number of hydrogen-bond acceptors (Lipinski definition) is 3. The first-order chi connectivity index (χ1) is 7.86. The lowest BCUT2D eigenvalue weighted by Gasteiger charge is -2.15. The van der Waals surface area contributed by atoms with Crippen LogP contribution in [-0.4, -0.2) is 30.3 Å². The molecule has 3 heteroatoms. The molecule has 0 aromatic heterocycles. The Labute approximate surface area is 108 Å². The molecule has 16 heavy (non-hydrogen) atoms. The molecule has 0 bridgehead atoms.